The Morgan fingerprint density at radius 2 is 1.79 bits per heavy atom. The molecule has 212 valence electrons. The fourth-order valence-electron chi connectivity index (χ4n) is 3.78. The van der Waals surface area contributed by atoms with E-state index in [1.54, 1.807) is 24.3 Å². The zero-order valence-corrected chi connectivity index (χ0v) is 23.4. The van der Waals surface area contributed by atoms with E-state index in [1.165, 1.54) is 6.20 Å². The first-order chi connectivity index (χ1) is 18.7. The van der Waals surface area contributed by atoms with Crippen LogP contribution >= 0.6 is 28.8 Å². The average molecular weight is 604 g/mol. The second-order valence-corrected chi connectivity index (χ2v) is 10.2. The van der Waals surface area contributed by atoms with Gasteiger partial charge < -0.3 is 34.2 Å². The number of ether oxygens (including phenoxy) is 1. The molecule has 2 aromatic heterocycles. The van der Waals surface area contributed by atoms with Crippen LogP contribution in [0.4, 0.5) is 0 Å². The molecule has 0 bridgehead atoms. The molecular formula is C23H28ClN3O10P2. The van der Waals surface area contributed by atoms with E-state index in [4.69, 9.17) is 30.6 Å². The normalized spacial score (nSPS) is 21.5. The van der Waals surface area contributed by atoms with Crippen LogP contribution in [-0.2, 0) is 20.1 Å². The van der Waals surface area contributed by atoms with Crippen LogP contribution in [0.1, 0.15) is 25.8 Å². The standard InChI is InChI=1S/C21H22ClN3O10P2.C2H6/c22-15-4-2-1-3-14(15)12-5-7-23-13(9-12)10-25-17(26)6-8-24(21(25)29)20-19(28)18(27)16(34-20)11-33-37(32)35-36(30)31;1-2/h1-9,16,18-20,27-28,30-32H,10-11H2;1-2H3. The summed E-state index contributed by atoms with van der Waals surface area (Å²) in [4.78, 5) is 57.0. The smallest absolute Gasteiger partial charge is 0.337 e. The SMILES string of the molecule is CC.O=c1ccn(C2OC(COP(O)OP(O)O)C(O)C2O)c(=O)n1Cc1cc(-c2ccccc2Cl)ccn1. The summed E-state index contributed by atoms with van der Waals surface area (Å²) >= 11 is 6.28. The zero-order valence-electron chi connectivity index (χ0n) is 20.8. The van der Waals surface area contributed by atoms with Gasteiger partial charge in [-0.2, -0.15) is 0 Å². The average Bonchev–Trinajstić information content (AvgIpc) is 3.19. The van der Waals surface area contributed by atoms with E-state index >= 15 is 0 Å². The number of aliphatic hydroxyl groups is 2. The molecule has 1 aromatic carbocycles. The first-order valence-electron chi connectivity index (χ1n) is 11.7. The molecule has 1 fully saturated rings. The molecule has 13 nitrogen and oxygen atoms in total. The third kappa shape index (κ3) is 7.75. The first kappa shape index (κ1) is 31.4. The molecule has 0 spiro atoms. The Balaban J connectivity index is 0.00000205. The maximum Gasteiger partial charge on any atom is 0.337 e. The number of benzene rings is 1. The summed E-state index contributed by atoms with van der Waals surface area (Å²) in [6, 6.07) is 11.7. The summed E-state index contributed by atoms with van der Waals surface area (Å²) in [6.45, 7) is 3.32. The minimum atomic E-state index is -2.87. The summed E-state index contributed by atoms with van der Waals surface area (Å²) in [5.74, 6) is 0. The van der Waals surface area contributed by atoms with E-state index in [0.29, 0.717) is 10.7 Å². The Hall–Kier alpha value is -2.12. The Labute approximate surface area is 230 Å². The lowest BCUT2D eigenvalue weighted by Gasteiger charge is -2.19. The second-order valence-electron chi connectivity index (χ2n) is 7.86. The molecule has 0 aliphatic carbocycles. The van der Waals surface area contributed by atoms with Gasteiger partial charge in [0.05, 0.1) is 18.8 Å². The molecule has 1 aliphatic rings. The second kappa shape index (κ2) is 14.5. The fraction of sp³-hybridized carbons (Fsp3) is 0.348. The highest BCUT2D eigenvalue weighted by atomic mass is 35.5. The zero-order chi connectivity index (χ0) is 28.7. The number of hydrogen-bond donors (Lipinski definition) is 5. The molecule has 4 rings (SSSR count). The van der Waals surface area contributed by atoms with Crippen molar-refractivity contribution in [3.05, 3.63) is 86.4 Å². The van der Waals surface area contributed by atoms with Gasteiger partial charge in [0, 0.05) is 29.0 Å². The van der Waals surface area contributed by atoms with Gasteiger partial charge in [-0.1, -0.05) is 43.6 Å². The lowest BCUT2D eigenvalue weighted by atomic mass is 10.1. The molecule has 3 heterocycles. The monoisotopic (exact) mass is 603 g/mol. The third-order valence-corrected chi connectivity index (χ3v) is 7.36. The third-order valence-electron chi connectivity index (χ3n) is 5.52. The molecule has 3 aromatic rings. The van der Waals surface area contributed by atoms with E-state index in [2.05, 4.69) is 9.29 Å². The van der Waals surface area contributed by atoms with E-state index in [9.17, 15) is 24.7 Å². The number of hydrogen-bond acceptors (Lipinski definition) is 11. The molecule has 0 saturated carbocycles. The molecule has 39 heavy (non-hydrogen) atoms. The molecule has 1 aliphatic heterocycles. The van der Waals surface area contributed by atoms with Gasteiger partial charge >= 0.3 is 22.9 Å². The predicted octanol–water partition coefficient (Wildman–Crippen LogP) is 1.88. The van der Waals surface area contributed by atoms with Crippen molar-refractivity contribution in [3.63, 3.8) is 0 Å². The Morgan fingerprint density at radius 3 is 2.49 bits per heavy atom. The summed E-state index contributed by atoms with van der Waals surface area (Å²) in [5, 5.41) is 21.3. The Bertz CT molecular complexity index is 1360. The van der Waals surface area contributed by atoms with Crippen molar-refractivity contribution >= 4 is 28.8 Å². The maximum atomic E-state index is 13.2. The molecule has 0 radical (unpaired) electrons. The van der Waals surface area contributed by atoms with Gasteiger partial charge in [0.2, 0.25) is 0 Å². The maximum absolute atomic E-state index is 13.2. The summed E-state index contributed by atoms with van der Waals surface area (Å²) < 4.78 is 16.6. The summed E-state index contributed by atoms with van der Waals surface area (Å²) in [5.41, 5.74) is 0.448. The van der Waals surface area contributed by atoms with Gasteiger partial charge in [-0.05, 0) is 23.8 Å². The van der Waals surface area contributed by atoms with Gasteiger partial charge in [0.15, 0.2) is 6.23 Å². The number of rotatable bonds is 9. The Morgan fingerprint density at radius 1 is 1.08 bits per heavy atom. The minimum absolute atomic E-state index is 0.188. The Kier molecular flexibility index (Phi) is 11.7. The van der Waals surface area contributed by atoms with Crippen LogP contribution in [0.25, 0.3) is 11.1 Å². The van der Waals surface area contributed by atoms with Crippen molar-refractivity contribution < 1.29 is 38.5 Å². The molecule has 16 heteroatoms. The van der Waals surface area contributed by atoms with Crippen molar-refractivity contribution in [3.8, 4) is 11.1 Å². The summed E-state index contributed by atoms with van der Waals surface area (Å²) in [7, 11) is -5.54. The van der Waals surface area contributed by atoms with Gasteiger partial charge in [-0.3, -0.25) is 18.9 Å². The molecule has 1 saturated heterocycles. The van der Waals surface area contributed by atoms with Crippen LogP contribution in [-0.4, -0.2) is 63.9 Å². The largest absolute Gasteiger partial charge is 0.387 e. The fourth-order valence-corrected chi connectivity index (χ4v) is 4.99. The number of aliphatic hydroxyl groups excluding tert-OH is 2. The number of pyridine rings is 1. The topological polar surface area (TPSA) is 186 Å². The quantitative estimate of drug-likeness (QED) is 0.225. The first-order valence-corrected chi connectivity index (χ1v) is 14.3. The molecule has 5 atom stereocenters. The van der Waals surface area contributed by atoms with E-state index in [0.717, 1.165) is 32.5 Å². The van der Waals surface area contributed by atoms with Gasteiger partial charge in [-0.25, -0.2) is 9.11 Å². The van der Waals surface area contributed by atoms with Crippen LogP contribution in [0, 0.1) is 0 Å². The molecule has 5 N–H and O–H groups in total. The highest BCUT2D eigenvalue weighted by Crippen LogP contribution is 2.46. The lowest BCUT2D eigenvalue weighted by Crippen LogP contribution is -2.43. The highest BCUT2D eigenvalue weighted by molar-refractivity contribution is 7.54. The number of nitrogens with zero attached hydrogens (tertiary/aromatic N) is 3. The van der Waals surface area contributed by atoms with Crippen LogP contribution < -0.4 is 11.2 Å². The van der Waals surface area contributed by atoms with Crippen LogP contribution in [0.3, 0.4) is 0 Å². The molecule has 5 unspecified atom stereocenters. The predicted molar refractivity (Wildman–Crippen MR) is 144 cm³/mol. The van der Waals surface area contributed by atoms with Crippen molar-refractivity contribution in [2.75, 3.05) is 6.61 Å². The van der Waals surface area contributed by atoms with E-state index in [-0.39, 0.29) is 6.54 Å². The van der Waals surface area contributed by atoms with E-state index in [1.807, 2.05) is 26.0 Å². The van der Waals surface area contributed by atoms with Crippen molar-refractivity contribution in [2.24, 2.45) is 0 Å². The molecular weight excluding hydrogens is 576 g/mol. The van der Waals surface area contributed by atoms with Crippen molar-refractivity contribution in [1.82, 2.24) is 14.1 Å². The van der Waals surface area contributed by atoms with Gasteiger partial charge in [0.1, 0.15) is 18.3 Å². The summed E-state index contributed by atoms with van der Waals surface area (Å²) in [6.07, 6.45) is -3.04. The number of aromatic nitrogens is 3. The minimum Gasteiger partial charge on any atom is -0.387 e. The van der Waals surface area contributed by atoms with Crippen molar-refractivity contribution in [1.29, 1.82) is 0 Å². The molecule has 0 amide bonds. The lowest BCUT2D eigenvalue weighted by molar-refractivity contribution is -0.0530. The van der Waals surface area contributed by atoms with E-state index < -0.39 is 59.6 Å². The van der Waals surface area contributed by atoms with Gasteiger partial charge in [0.25, 0.3) is 5.56 Å². The van der Waals surface area contributed by atoms with Gasteiger partial charge in [-0.15, -0.1) is 0 Å². The number of halogens is 1. The van der Waals surface area contributed by atoms with Crippen LogP contribution in [0.15, 0.2) is 64.4 Å². The van der Waals surface area contributed by atoms with Crippen LogP contribution in [0.5, 0.6) is 0 Å². The highest BCUT2D eigenvalue weighted by Gasteiger charge is 2.44. The van der Waals surface area contributed by atoms with Crippen LogP contribution in [0.2, 0.25) is 5.02 Å². The van der Waals surface area contributed by atoms with Crippen molar-refractivity contribution in [2.45, 2.75) is 44.9 Å².